The van der Waals surface area contributed by atoms with E-state index in [-0.39, 0.29) is 12.8 Å². The van der Waals surface area contributed by atoms with E-state index in [9.17, 15) is 9.59 Å². The van der Waals surface area contributed by atoms with Gasteiger partial charge in [0.25, 0.3) is 0 Å². The van der Waals surface area contributed by atoms with E-state index in [4.69, 9.17) is 10.4 Å². The topological polar surface area (TPSA) is 83.8 Å². The lowest BCUT2D eigenvalue weighted by atomic mass is 9.52. The maximum absolute atomic E-state index is 12.1. The smallest absolute Gasteiger partial charge is 0.349 e. The molecule has 18 heavy (non-hydrogen) atoms. The maximum atomic E-state index is 12.1. The van der Waals surface area contributed by atoms with Gasteiger partial charge in [-0.1, -0.05) is 41.5 Å². The average molecular weight is 260 g/mol. The molecule has 0 aromatic carbocycles. The summed E-state index contributed by atoms with van der Waals surface area (Å²) in [7, 11) is 0. The maximum Gasteiger partial charge on any atom is 0.349 e. The molecule has 0 aliphatic carbocycles. The number of hydrogen-bond acceptors (Lipinski definition) is 4. The standard InChI is InChI=1S/C13H24O5/c1-11(2,3)13(10(16)18-17,12(4,5)6)8-7-9(14)15/h17H,7-8H2,1-6H3,(H,14,15). The predicted octanol–water partition coefficient (Wildman–Crippen LogP) is 2.95. The fourth-order valence-electron chi connectivity index (χ4n) is 2.96. The summed E-state index contributed by atoms with van der Waals surface area (Å²) < 4.78 is 0. The molecule has 0 aromatic heterocycles. The van der Waals surface area contributed by atoms with Gasteiger partial charge in [-0.05, 0) is 17.3 Å². The van der Waals surface area contributed by atoms with E-state index in [1.807, 2.05) is 41.5 Å². The van der Waals surface area contributed by atoms with Crippen molar-refractivity contribution in [1.82, 2.24) is 0 Å². The zero-order valence-electron chi connectivity index (χ0n) is 12.0. The number of rotatable bonds is 4. The van der Waals surface area contributed by atoms with E-state index in [0.29, 0.717) is 0 Å². The minimum absolute atomic E-state index is 0.120. The average Bonchev–Trinajstić information content (AvgIpc) is 2.13. The Balaban J connectivity index is 5.73. The molecule has 2 N–H and O–H groups in total. The molecule has 0 heterocycles. The zero-order chi connectivity index (χ0) is 14.8. The molecule has 0 aliphatic heterocycles. The van der Waals surface area contributed by atoms with Crippen molar-refractivity contribution in [2.24, 2.45) is 16.2 Å². The van der Waals surface area contributed by atoms with Crippen molar-refractivity contribution in [2.75, 3.05) is 0 Å². The van der Waals surface area contributed by atoms with E-state index in [2.05, 4.69) is 4.89 Å². The van der Waals surface area contributed by atoms with Gasteiger partial charge < -0.3 is 9.99 Å². The highest BCUT2D eigenvalue weighted by Crippen LogP contribution is 2.55. The van der Waals surface area contributed by atoms with Gasteiger partial charge in [0, 0.05) is 6.42 Å². The van der Waals surface area contributed by atoms with Gasteiger partial charge in [-0.3, -0.25) is 4.79 Å². The molecule has 0 radical (unpaired) electrons. The second-order valence-electron chi connectivity index (χ2n) is 6.68. The minimum Gasteiger partial charge on any atom is -0.481 e. The minimum atomic E-state index is -1.08. The summed E-state index contributed by atoms with van der Waals surface area (Å²) in [5.74, 6) is -1.75. The van der Waals surface area contributed by atoms with Gasteiger partial charge >= 0.3 is 11.9 Å². The van der Waals surface area contributed by atoms with Crippen molar-refractivity contribution in [3.63, 3.8) is 0 Å². The number of hydrogen-bond donors (Lipinski definition) is 2. The summed E-state index contributed by atoms with van der Waals surface area (Å²) >= 11 is 0. The summed E-state index contributed by atoms with van der Waals surface area (Å²) in [6.07, 6.45) is -0.0294. The molecular weight excluding hydrogens is 236 g/mol. The van der Waals surface area contributed by atoms with Gasteiger partial charge in [0.15, 0.2) is 0 Å². The van der Waals surface area contributed by atoms with Crippen LogP contribution in [-0.2, 0) is 14.5 Å². The highest BCUT2D eigenvalue weighted by atomic mass is 17.1. The molecule has 0 saturated heterocycles. The molecule has 0 aromatic rings. The Labute approximate surface area is 108 Å². The first-order valence-electron chi connectivity index (χ1n) is 5.98. The largest absolute Gasteiger partial charge is 0.481 e. The van der Waals surface area contributed by atoms with Crippen molar-refractivity contribution in [3.8, 4) is 0 Å². The Morgan fingerprint density at radius 1 is 1.00 bits per heavy atom. The monoisotopic (exact) mass is 260 g/mol. The number of aliphatic carboxylic acids is 1. The van der Waals surface area contributed by atoms with Gasteiger partial charge in [0.1, 0.15) is 0 Å². The second kappa shape index (κ2) is 5.26. The van der Waals surface area contributed by atoms with Crippen LogP contribution < -0.4 is 0 Å². The van der Waals surface area contributed by atoms with Crippen LogP contribution in [0.1, 0.15) is 54.4 Å². The SMILES string of the molecule is CC(C)(C)C(CCC(=O)O)(C(=O)OO)C(C)(C)C. The van der Waals surface area contributed by atoms with Gasteiger partial charge in [0.05, 0.1) is 5.41 Å². The quantitative estimate of drug-likeness (QED) is 0.599. The molecule has 0 bridgehead atoms. The van der Waals surface area contributed by atoms with Crippen LogP contribution in [0.4, 0.5) is 0 Å². The van der Waals surface area contributed by atoms with Crippen LogP contribution in [0, 0.1) is 16.2 Å². The van der Waals surface area contributed by atoms with Crippen LogP contribution in [0.3, 0.4) is 0 Å². The Morgan fingerprint density at radius 3 is 1.61 bits per heavy atom. The Hall–Kier alpha value is -1.10. The molecule has 106 valence electrons. The lowest BCUT2D eigenvalue weighted by molar-refractivity contribution is -0.259. The zero-order valence-corrected chi connectivity index (χ0v) is 12.0. The third kappa shape index (κ3) is 3.02. The summed E-state index contributed by atoms with van der Waals surface area (Å²) in [6.45, 7) is 11.1. The van der Waals surface area contributed by atoms with E-state index in [0.717, 1.165) is 0 Å². The molecule has 0 amide bonds. The molecule has 0 rings (SSSR count). The van der Waals surface area contributed by atoms with Crippen molar-refractivity contribution in [2.45, 2.75) is 54.4 Å². The van der Waals surface area contributed by atoms with Gasteiger partial charge in [-0.25, -0.2) is 4.79 Å². The third-order valence-corrected chi connectivity index (χ3v) is 3.71. The molecule has 0 aliphatic rings. The fourth-order valence-corrected chi connectivity index (χ4v) is 2.96. The summed E-state index contributed by atoms with van der Waals surface area (Å²) in [5.41, 5.74) is -2.16. The van der Waals surface area contributed by atoms with Gasteiger partial charge in [-0.2, -0.15) is 5.26 Å². The normalized spacial score (nSPS) is 13.3. The molecule has 0 saturated carbocycles. The first-order valence-corrected chi connectivity index (χ1v) is 5.98. The first-order chi connectivity index (χ1) is 7.90. The summed E-state index contributed by atoms with van der Waals surface area (Å²) in [6, 6.07) is 0. The number of carboxylic acid groups (broad SMARTS) is 1. The number of carbonyl (C=O) groups excluding carboxylic acids is 1. The first kappa shape index (κ1) is 16.9. The Kier molecular flexibility index (Phi) is 4.94. The molecular formula is C13H24O5. The highest BCUT2D eigenvalue weighted by molar-refractivity contribution is 5.79. The number of carboxylic acids is 1. The molecule has 5 heteroatoms. The van der Waals surface area contributed by atoms with Crippen LogP contribution in [0.5, 0.6) is 0 Å². The Morgan fingerprint density at radius 2 is 1.39 bits per heavy atom. The molecule has 0 atom stereocenters. The predicted molar refractivity (Wildman–Crippen MR) is 66.9 cm³/mol. The van der Waals surface area contributed by atoms with Gasteiger partial charge in [0.2, 0.25) is 0 Å². The van der Waals surface area contributed by atoms with Crippen LogP contribution in [0.15, 0.2) is 0 Å². The molecule has 0 spiro atoms. The van der Waals surface area contributed by atoms with E-state index < -0.39 is 28.2 Å². The van der Waals surface area contributed by atoms with Crippen LogP contribution in [-0.4, -0.2) is 22.3 Å². The van der Waals surface area contributed by atoms with E-state index in [1.54, 1.807) is 0 Å². The molecule has 5 nitrogen and oxygen atoms in total. The second-order valence-corrected chi connectivity index (χ2v) is 6.68. The lowest BCUT2D eigenvalue weighted by Crippen LogP contribution is -2.53. The molecule has 0 fully saturated rings. The van der Waals surface area contributed by atoms with E-state index >= 15 is 0 Å². The highest BCUT2D eigenvalue weighted by Gasteiger charge is 2.57. The number of carbonyl (C=O) groups is 2. The van der Waals surface area contributed by atoms with Crippen LogP contribution in [0.2, 0.25) is 0 Å². The van der Waals surface area contributed by atoms with Crippen molar-refractivity contribution in [3.05, 3.63) is 0 Å². The van der Waals surface area contributed by atoms with Crippen LogP contribution in [0.25, 0.3) is 0 Å². The fraction of sp³-hybridized carbons (Fsp3) is 0.846. The summed E-state index contributed by atoms with van der Waals surface area (Å²) in [4.78, 5) is 26.8. The van der Waals surface area contributed by atoms with E-state index in [1.165, 1.54) is 0 Å². The molecule has 0 unspecified atom stereocenters. The van der Waals surface area contributed by atoms with Crippen molar-refractivity contribution >= 4 is 11.9 Å². The van der Waals surface area contributed by atoms with Crippen LogP contribution >= 0.6 is 0 Å². The third-order valence-electron chi connectivity index (χ3n) is 3.71. The van der Waals surface area contributed by atoms with Gasteiger partial charge in [-0.15, -0.1) is 0 Å². The van der Waals surface area contributed by atoms with Crippen molar-refractivity contribution < 1.29 is 24.8 Å². The Bertz CT molecular complexity index is 305. The lowest BCUT2D eigenvalue weighted by Gasteiger charge is -2.50. The summed E-state index contributed by atoms with van der Waals surface area (Å²) in [5, 5.41) is 17.6. The van der Waals surface area contributed by atoms with Crippen molar-refractivity contribution in [1.29, 1.82) is 0 Å².